The predicted octanol–water partition coefficient (Wildman–Crippen LogP) is 0.660. The Labute approximate surface area is 113 Å². The molecule has 0 fully saturated rings. The molecule has 1 atom stereocenters. The first-order valence-electron chi connectivity index (χ1n) is 6.21. The first kappa shape index (κ1) is 15.2. The summed E-state index contributed by atoms with van der Waals surface area (Å²) in [7, 11) is 1.59. The van der Waals surface area contributed by atoms with E-state index in [1.54, 1.807) is 31.3 Å². The van der Waals surface area contributed by atoms with E-state index in [0.717, 1.165) is 5.56 Å². The third-order valence-corrected chi connectivity index (χ3v) is 2.95. The maximum atomic E-state index is 11.3. The summed E-state index contributed by atoms with van der Waals surface area (Å²) in [5.41, 5.74) is 1.31. The Balaban J connectivity index is 2.63. The second kappa shape index (κ2) is 7.52. The minimum absolute atomic E-state index is 0.0751. The van der Waals surface area contributed by atoms with Gasteiger partial charge in [-0.3, -0.25) is 9.69 Å². The molecule has 1 unspecified atom stereocenters. The second-order valence-electron chi connectivity index (χ2n) is 4.25. The Morgan fingerprint density at radius 3 is 2.58 bits per heavy atom. The highest BCUT2D eigenvalue weighted by molar-refractivity contribution is 5.77. The summed E-state index contributed by atoms with van der Waals surface area (Å²) in [6.45, 7) is 3.27. The smallest absolute Gasteiger partial charge is 0.233 e. The fraction of sp³-hybridized carbons (Fsp3) is 0.429. The molecular weight excluding hydrogens is 242 g/mol. The number of hydrogen-bond donors (Lipinski definition) is 2. The average molecular weight is 261 g/mol. The van der Waals surface area contributed by atoms with E-state index in [-0.39, 0.29) is 12.5 Å². The molecule has 0 bridgehead atoms. The molecular formula is C14H19N3O2. The monoisotopic (exact) mass is 261 g/mol. The fourth-order valence-corrected chi connectivity index (χ4v) is 1.72. The van der Waals surface area contributed by atoms with Crippen LogP contribution in [0.5, 0.6) is 0 Å². The number of nitrogens with zero attached hydrogens (tertiary/aromatic N) is 2. The van der Waals surface area contributed by atoms with Crippen LogP contribution >= 0.6 is 0 Å². The van der Waals surface area contributed by atoms with Crippen molar-refractivity contribution in [2.45, 2.75) is 13.0 Å². The van der Waals surface area contributed by atoms with Gasteiger partial charge in [-0.1, -0.05) is 19.1 Å². The fourth-order valence-electron chi connectivity index (χ4n) is 1.72. The molecule has 0 aliphatic rings. The summed E-state index contributed by atoms with van der Waals surface area (Å²) < 4.78 is 0. The number of carbonyl (C=O) groups is 1. The van der Waals surface area contributed by atoms with Crippen molar-refractivity contribution < 1.29 is 9.90 Å². The zero-order valence-corrected chi connectivity index (χ0v) is 11.3. The Morgan fingerprint density at radius 1 is 1.47 bits per heavy atom. The number of likely N-dealkylation sites (N-methyl/N-ethyl adjacent to an activating group) is 2. The highest BCUT2D eigenvalue weighted by Crippen LogP contribution is 2.15. The Hall–Kier alpha value is -1.90. The van der Waals surface area contributed by atoms with Gasteiger partial charge >= 0.3 is 0 Å². The number of aliphatic hydroxyl groups excluding tert-OH is 1. The van der Waals surface area contributed by atoms with Crippen molar-refractivity contribution in [3.8, 4) is 6.07 Å². The van der Waals surface area contributed by atoms with E-state index >= 15 is 0 Å². The van der Waals surface area contributed by atoms with Gasteiger partial charge in [0.1, 0.15) is 0 Å². The van der Waals surface area contributed by atoms with Crippen molar-refractivity contribution in [2.75, 3.05) is 26.7 Å². The van der Waals surface area contributed by atoms with Crippen LogP contribution < -0.4 is 5.32 Å². The lowest BCUT2D eigenvalue weighted by molar-refractivity contribution is -0.122. The van der Waals surface area contributed by atoms with Gasteiger partial charge in [0.25, 0.3) is 0 Å². The molecule has 19 heavy (non-hydrogen) atoms. The van der Waals surface area contributed by atoms with Crippen LogP contribution in [0.15, 0.2) is 24.3 Å². The minimum Gasteiger partial charge on any atom is -0.387 e. The first-order chi connectivity index (χ1) is 9.10. The normalized spacial score (nSPS) is 11.9. The molecule has 0 saturated carbocycles. The van der Waals surface area contributed by atoms with Crippen LogP contribution in [-0.2, 0) is 4.79 Å². The lowest BCUT2D eigenvalue weighted by Gasteiger charge is -2.22. The SMILES string of the molecule is CCN(CC(=O)NC)CC(O)c1ccc(C#N)cc1. The maximum Gasteiger partial charge on any atom is 0.233 e. The molecule has 0 aromatic heterocycles. The zero-order chi connectivity index (χ0) is 14.3. The number of amides is 1. The van der Waals surface area contributed by atoms with E-state index in [4.69, 9.17) is 5.26 Å². The number of hydrogen-bond acceptors (Lipinski definition) is 4. The minimum atomic E-state index is -0.669. The molecule has 102 valence electrons. The molecule has 0 aliphatic heterocycles. The summed E-state index contributed by atoms with van der Waals surface area (Å²) in [5.74, 6) is -0.0751. The molecule has 1 aromatic carbocycles. The Kier molecular flexibility index (Phi) is 6.00. The molecule has 2 N–H and O–H groups in total. The largest absolute Gasteiger partial charge is 0.387 e. The van der Waals surface area contributed by atoms with E-state index in [1.807, 2.05) is 17.9 Å². The molecule has 1 rings (SSSR count). The Morgan fingerprint density at radius 2 is 2.11 bits per heavy atom. The molecule has 0 saturated heterocycles. The molecule has 1 aromatic rings. The summed E-state index contributed by atoms with van der Waals surface area (Å²) in [5, 5.41) is 21.4. The van der Waals surface area contributed by atoms with Gasteiger partial charge in [0.15, 0.2) is 0 Å². The van der Waals surface area contributed by atoms with Crippen LogP contribution in [0.2, 0.25) is 0 Å². The quantitative estimate of drug-likeness (QED) is 0.788. The molecule has 5 heteroatoms. The van der Waals surface area contributed by atoms with Crippen molar-refractivity contribution in [2.24, 2.45) is 0 Å². The van der Waals surface area contributed by atoms with Crippen LogP contribution in [0.1, 0.15) is 24.2 Å². The molecule has 0 spiro atoms. The molecule has 5 nitrogen and oxygen atoms in total. The first-order valence-corrected chi connectivity index (χ1v) is 6.21. The summed E-state index contributed by atoms with van der Waals surface area (Å²) >= 11 is 0. The van der Waals surface area contributed by atoms with E-state index in [0.29, 0.717) is 18.7 Å². The summed E-state index contributed by atoms with van der Waals surface area (Å²) in [6, 6.07) is 8.85. The van der Waals surface area contributed by atoms with Gasteiger partial charge in [-0.2, -0.15) is 5.26 Å². The predicted molar refractivity (Wildman–Crippen MR) is 72.3 cm³/mol. The summed E-state index contributed by atoms with van der Waals surface area (Å²) in [4.78, 5) is 13.2. The molecule has 0 radical (unpaired) electrons. The van der Waals surface area contributed by atoms with Crippen LogP contribution in [0.4, 0.5) is 0 Å². The number of benzene rings is 1. The van der Waals surface area contributed by atoms with Gasteiger partial charge in [-0.15, -0.1) is 0 Å². The van der Waals surface area contributed by atoms with E-state index in [1.165, 1.54) is 0 Å². The van der Waals surface area contributed by atoms with Crippen molar-refractivity contribution >= 4 is 5.91 Å². The number of nitriles is 1. The number of nitrogens with one attached hydrogen (secondary N) is 1. The van der Waals surface area contributed by atoms with Gasteiger partial charge in [-0.05, 0) is 24.2 Å². The van der Waals surface area contributed by atoms with E-state index in [9.17, 15) is 9.90 Å². The van der Waals surface area contributed by atoms with Crippen LogP contribution in [0.3, 0.4) is 0 Å². The zero-order valence-electron chi connectivity index (χ0n) is 11.3. The van der Waals surface area contributed by atoms with Gasteiger partial charge in [-0.25, -0.2) is 0 Å². The highest BCUT2D eigenvalue weighted by Gasteiger charge is 2.14. The maximum absolute atomic E-state index is 11.3. The number of carbonyl (C=O) groups excluding carboxylic acids is 1. The Bertz CT molecular complexity index is 451. The van der Waals surface area contributed by atoms with Crippen molar-refractivity contribution in [1.29, 1.82) is 5.26 Å². The topological polar surface area (TPSA) is 76.4 Å². The molecule has 0 aliphatic carbocycles. The average Bonchev–Trinajstić information content (AvgIpc) is 2.46. The standard InChI is InChI=1S/C14H19N3O2/c1-3-17(10-14(19)16-2)9-13(18)12-6-4-11(8-15)5-7-12/h4-7,13,18H,3,9-10H2,1-2H3,(H,16,19). The van der Waals surface area contributed by atoms with Crippen molar-refractivity contribution in [3.05, 3.63) is 35.4 Å². The van der Waals surface area contributed by atoms with Gasteiger partial charge in [0.2, 0.25) is 5.91 Å². The summed E-state index contributed by atoms with van der Waals surface area (Å²) in [6.07, 6.45) is -0.669. The number of rotatable bonds is 6. The van der Waals surface area contributed by atoms with Crippen LogP contribution in [0.25, 0.3) is 0 Å². The van der Waals surface area contributed by atoms with E-state index < -0.39 is 6.10 Å². The molecule has 0 heterocycles. The van der Waals surface area contributed by atoms with Crippen LogP contribution in [0, 0.1) is 11.3 Å². The van der Waals surface area contributed by atoms with Crippen molar-refractivity contribution in [3.63, 3.8) is 0 Å². The number of aliphatic hydroxyl groups is 1. The third kappa shape index (κ3) is 4.70. The van der Waals surface area contributed by atoms with Crippen molar-refractivity contribution in [1.82, 2.24) is 10.2 Å². The molecule has 1 amide bonds. The lowest BCUT2D eigenvalue weighted by Crippen LogP contribution is -2.37. The van der Waals surface area contributed by atoms with Gasteiger partial charge in [0, 0.05) is 13.6 Å². The second-order valence-corrected chi connectivity index (χ2v) is 4.25. The third-order valence-electron chi connectivity index (χ3n) is 2.95. The highest BCUT2D eigenvalue weighted by atomic mass is 16.3. The van der Waals surface area contributed by atoms with Gasteiger partial charge in [0.05, 0.1) is 24.3 Å². The van der Waals surface area contributed by atoms with Gasteiger partial charge < -0.3 is 10.4 Å². The van der Waals surface area contributed by atoms with Crippen LogP contribution in [-0.4, -0.2) is 42.6 Å². The lowest BCUT2D eigenvalue weighted by atomic mass is 10.1. The van der Waals surface area contributed by atoms with E-state index in [2.05, 4.69) is 5.32 Å².